The number of nitrogens with zero attached hydrogens (tertiary/aromatic N) is 1. The van der Waals surface area contributed by atoms with Gasteiger partial charge in [-0.1, -0.05) is 36.4 Å². The topological polar surface area (TPSA) is 93.2 Å². The number of halogens is 1. The predicted octanol–water partition coefficient (Wildman–Crippen LogP) is 5.48. The molecular weight excluding hydrogens is 509 g/mol. The highest BCUT2D eigenvalue weighted by molar-refractivity contribution is 6.00. The molecule has 0 spiro atoms. The third-order valence-corrected chi connectivity index (χ3v) is 6.89. The number of Topliss-reactive ketones (excluding diaryl/α,β-unsaturated/α-hetero) is 1. The zero-order chi connectivity index (χ0) is 28.2. The van der Waals surface area contributed by atoms with Gasteiger partial charge in [-0.25, -0.2) is 9.18 Å². The van der Waals surface area contributed by atoms with Crippen LogP contribution in [0, 0.1) is 19.7 Å². The van der Waals surface area contributed by atoms with Crippen molar-refractivity contribution in [3.63, 3.8) is 0 Å². The third kappa shape index (κ3) is 5.56. The monoisotopic (exact) mass is 537 g/mol. The standard InChI is InChI=1S/C32H28FN3O4/c1-20-16-27(21(2)36(20)25-8-4-3-5-9-25)30(37)19-40-32(39)29(35-31(38)22-12-14-24(33)15-13-22)17-23-18-34-28-11-7-6-10-26(23)28/h3-16,18,29,34H,17,19H2,1-2H3,(H,35,38). The van der Waals surface area contributed by atoms with Gasteiger partial charge in [-0.3, -0.25) is 9.59 Å². The lowest BCUT2D eigenvalue weighted by atomic mass is 10.0. The Labute approximate surface area is 230 Å². The molecule has 0 aliphatic heterocycles. The number of ketones is 1. The second kappa shape index (κ2) is 11.4. The van der Waals surface area contributed by atoms with E-state index in [1.165, 1.54) is 24.3 Å². The lowest BCUT2D eigenvalue weighted by molar-refractivity contribution is -0.144. The van der Waals surface area contributed by atoms with Crippen molar-refractivity contribution in [2.75, 3.05) is 6.61 Å². The molecule has 0 saturated heterocycles. The largest absolute Gasteiger partial charge is 0.456 e. The number of aromatic nitrogens is 2. The number of rotatable bonds is 9. The number of benzene rings is 3. The summed E-state index contributed by atoms with van der Waals surface area (Å²) >= 11 is 0. The first kappa shape index (κ1) is 26.6. The van der Waals surface area contributed by atoms with E-state index in [9.17, 15) is 18.8 Å². The molecule has 0 aliphatic rings. The van der Waals surface area contributed by atoms with E-state index < -0.39 is 30.3 Å². The predicted molar refractivity (Wildman–Crippen MR) is 150 cm³/mol. The summed E-state index contributed by atoms with van der Waals surface area (Å²) in [6.07, 6.45) is 1.91. The Bertz CT molecular complexity index is 1690. The van der Waals surface area contributed by atoms with Gasteiger partial charge in [0.25, 0.3) is 5.91 Å². The van der Waals surface area contributed by atoms with Crippen LogP contribution in [0.2, 0.25) is 0 Å². The van der Waals surface area contributed by atoms with Crippen molar-refractivity contribution in [3.8, 4) is 5.69 Å². The number of ether oxygens (including phenoxy) is 1. The van der Waals surface area contributed by atoms with E-state index in [4.69, 9.17) is 4.74 Å². The Hall–Kier alpha value is -4.98. The molecular formula is C32H28FN3O4. The van der Waals surface area contributed by atoms with Crippen LogP contribution in [0.3, 0.4) is 0 Å². The van der Waals surface area contributed by atoms with Gasteiger partial charge in [0.1, 0.15) is 11.9 Å². The third-order valence-electron chi connectivity index (χ3n) is 6.89. The summed E-state index contributed by atoms with van der Waals surface area (Å²) in [5, 5.41) is 3.60. The van der Waals surface area contributed by atoms with E-state index in [0.717, 1.165) is 33.5 Å². The number of para-hydroxylation sites is 2. The number of H-pyrrole nitrogens is 1. The summed E-state index contributed by atoms with van der Waals surface area (Å²) in [6, 6.07) is 23.0. The first-order chi connectivity index (χ1) is 19.3. The van der Waals surface area contributed by atoms with Gasteiger partial charge in [-0.05, 0) is 67.9 Å². The maximum atomic E-state index is 13.4. The number of carbonyl (C=O) groups excluding carboxylic acids is 3. The number of nitrogens with one attached hydrogen (secondary N) is 2. The number of hydrogen-bond acceptors (Lipinski definition) is 4. The first-order valence-corrected chi connectivity index (χ1v) is 12.9. The van der Waals surface area contributed by atoms with Crippen molar-refractivity contribution < 1.29 is 23.5 Å². The van der Waals surface area contributed by atoms with Gasteiger partial charge < -0.3 is 19.6 Å². The highest BCUT2D eigenvalue weighted by Gasteiger charge is 2.26. The lowest BCUT2D eigenvalue weighted by Gasteiger charge is -2.18. The van der Waals surface area contributed by atoms with Crippen molar-refractivity contribution in [1.29, 1.82) is 0 Å². The number of amides is 1. The van der Waals surface area contributed by atoms with Gasteiger partial charge in [0.05, 0.1) is 0 Å². The van der Waals surface area contributed by atoms with E-state index in [2.05, 4.69) is 10.3 Å². The summed E-state index contributed by atoms with van der Waals surface area (Å²) in [5.74, 6) is -2.12. The molecule has 1 unspecified atom stereocenters. The molecule has 0 radical (unpaired) electrons. The van der Waals surface area contributed by atoms with Gasteiger partial charge >= 0.3 is 5.97 Å². The molecule has 2 heterocycles. The summed E-state index contributed by atoms with van der Waals surface area (Å²) < 4.78 is 20.8. The number of fused-ring (bicyclic) bond motifs is 1. The molecule has 7 nitrogen and oxygen atoms in total. The molecule has 0 saturated carbocycles. The summed E-state index contributed by atoms with van der Waals surface area (Å²) in [7, 11) is 0. The molecule has 5 rings (SSSR count). The first-order valence-electron chi connectivity index (χ1n) is 12.9. The molecule has 2 N–H and O–H groups in total. The van der Waals surface area contributed by atoms with Crippen molar-refractivity contribution in [2.45, 2.75) is 26.3 Å². The Morgan fingerprint density at radius 3 is 2.40 bits per heavy atom. The minimum atomic E-state index is -1.08. The molecule has 0 bridgehead atoms. The molecule has 0 aliphatic carbocycles. The average Bonchev–Trinajstić information content (AvgIpc) is 3.51. The van der Waals surface area contributed by atoms with Crippen LogP contribution in [0.25, 0.3) is 16.6 Å². The summed E-state index contributed by atoms with van der Waals surface area (Å²) in [5.41, 5.74) is 4.89. The van der Waals surface area contributed by atoms with Crippen molar-refractivity contribution in [1.82, 2.24) is 14.9 Å². The minimum absolute atomic E-state index is 0.131. The van der Waals surface area contributed by atoms with Gasteiger partial charge in [0.15, 0.2) is 6.61 Å². The van der Waals surface area contributed by atoms with Crippen molar-refractivity contribution in [2.24, 2.45) is 0 Å². The van der Waals surface area contributed by atoms with Crippen LogP contribution in [0.4, 0.5) is 4.39 Å². The second-order valence-electron chi connectivity index (χ2n) is 9.58. The van der Waals surface area contributed by atoms with Crippen LogP contribution in [-0.4, -0.2) is 39.9 Å². The smallest absolute Gasteiger partial charge is 0.329 e. The van der Waals surface area contributed by atoms with Crippen LogP contribution in [-0.2, 0) is 16.0 Å². The fraction of sp³-hybridized carbons (Fsp3) is 0.156. The van der Waals surface area contributed by atoms with Crippen LogP contribution in [0.5, 0.6) is 0 Å². The molecule has 202 valence electrons. The van der Waals surface area contributed by atoms with Gasteiger partial charge in [0.2, 0.25) is 5.78 Å². The Morgan fingerprint density at radius 2 is 1.65 bits per heavy atom. The highest BCUT2D eigenvalue weighted by Crippen LogP contribution is 2.22. The highest BCUT2D eigenvalue weighted by atomic mass is 19.1. The van der Waals surface area contributed by atoms with Crippen molar-refractivity contribution >= 4 is 28.6 Å². The van der Waals surface area contributed by atoms with E-state index in [1.54, 1.807) is 12.3 Å². The fourth-order valence-corrected chi connectivity index (χ4v) is 4.89. The molecule has 0 fully saturated rings. The zero-order valence-electron chi connectivity index (χ0n) is 22.1. The van der Waals surface area contributed by atoms with Crippen LogP contribution < -0.4 is 5.32 Å². The zero-order valence-corrected chi connectivity index (χ0v) is 22.1. The number of esters is 1. The van der Waals surface area contributed by atoms with Gasteiger partial charge in [-0.15, -0.1) is 0 Å². The summed E-state index contributed by atoms with van der Waals surface area (Å²) in [4.78, 5) is 42.5. The molecule has 8 heteroatoms. The van der Waals surface area contributed by atoms with Crippen LogP contribution in [0.15, 0.2) is 91.1 Å². The van der Waals surface area contributed by atoms with Crippen LogP contribution >= 0.6 is 0 Å². The molecule has 3 aromatic carbocycles. The number of hydrogen-bond donors (Lipinski definition) is 2. The Morgan fingerprint density at radius 1 is 0.950 bits per heavy atom. The van der Waals surface area contributed by atoms with E-state index in [0.29, 0.717) is 5.56 Å². The van der Waals surface area contributed by atoms with Gasteiger partial charge in [0, 0.05) is 51.7 Å². The normalized spacial score (nSPS) is 11.8. The second-order valence-corrected chi connectivity index (χ2v) is 9.58. The van der Waals surface area contributed by atoms with Crippen molar-refractivity contribution in [3.05, 3.63) is 125 Å². The quantitative estimate of drug-likeness (QED) is 0.192. The van der Waals surface area contributed by atoms with E-state index >= 15 is 0 Å². The minimum Gasteiger partial charge on any atom is -0.456 e. The number of carbonyl (C=O) groups is 3. The SMILES string of the molecule is Cc1cc(C(=O)COC(=O)C(Cc2c[nH]c3ccccc23)NC(=O)c2ccc(F)cc2)c(C)n1-c1ccccc1. The maximum absolute atomic E-state index is 13.4. The maximum Gasteiger partial charge on any atom is 0.329 e. The molecule has 1 amide bonds. The molecule has 1 atom stereocenters. The van der Waals surface area contributed by atoms with Gasteiger partial charge in [-0.2, -0.15) is 0 Å². The summed E-state index contributed by atoms with van der Waals surface area (Å²) in [6.45, 7) is 3.28. The fourth-order valence-electron chi connectivity index (χ4n) is 4.89. The number of aryl methyl sites for hydroxylation is 1. The lowest BCUT2D eigenvalue weighted by Crippen LogP contribution is -2.43. The van der Waals surface area contributed by atoms with E-state index in [-0.39, 0.29) is 17.8 Å². The number of aromatic amines is 1. The molecule has 5 aromatic rings. The Balaban J connectivity index is 1.34. The Kier molecular flexibility index (Phi) is 7.59. The van der Waals surface area contributed by atoms with Crippen LogP contribution in [0.1, 0.15) is 37.7 Å². The average molecular weight is 538 g/mol. The van der Waals surface area contributed by atoms with E-state index in [1.807, 2.05) is 73.0 Å². The molecule has 2 aromatic heterocycles. The molecule has 40 heavy (non-hydrogen) atoms.